The van der Waals surface area contributed by atoms with Crippen LogP contribution in [-0.2, 0) is 9.53 Å². The summed E-state index contributed by atoms with van der Waals surface area (Å²) in [6, 6.07) is 0. The van der Waals surface area contributed by atoms with Gasteiger partial charge in [0.25, 0.3) is 0 Å². The van der Waals surface area contributed by atoms with E-state index in [1.54, 1.807) is 6.42 Å². The Balaban J connectivity index is 3.28. The Kier molecular flexibility index (Phi) is 4.10. The lowest BCUT2D eigenvalue weighted by molar-refractivity contribution is -0.146. The van der Waals surface area contributed by atoms with Crippen LogP contribution in [0.3, 0.4) is 0 Å². The fourth-order valence-electron chi connectivity index (χ4n) is 0.332. The lowest BCUT2D eigenvalue weighted by atomic mass is 10.2. The molecule has 0 unspecified atom stereocenters. The normalized spacial score (nSPS) is 9.78. The second-order valence-corrected chi connectivity index (χ2v) is 2.19. The van der Waals surface area contributed by atoms with Gasteiger partial charge in [0.05, 0.1) is 12.5 Å². The third kappa shape index (κ3) is 4.01. The van der Waals surface area contributed by atoms with E-state index in [2.05, 4.69) is 0 Å². The summed E-state index contributed by atoms with van der Waals surface area (Å²) >= 11 is 0. The molecule has 2 nitrogen and oxygen atoms in total. The molecule has 0 aromatic carbocycles. The molecular weight excluding hydrogens is 116 g/mol. The van der Waals surface area contributed by atoms with Gasteiger partial charge in [-0.2, -0.15) is 0 Å². The van der Waals surface area contributed by atoms with Crippen molar-refractivity contribution in [3.05, 3.63) is 6.42 Å². The largest absolute Gasteiger partial charge is 0.465 e. The fourth-order valence-corrected chi connectivity index (χ4v) is 0.332. The molecule has 0 N–H and O–H groups in total. The molecule has 0 bridgehead atoms. The van der Waals surface area contributed by atoms with Crippen LogP contribution in [0.2, 0.25) is 0 Å². The number of ether oxygens (including phenoxy) is 1. The molecule has 0 spiro atoms. The number of hydrogen-bond acceptors (Lipinski definition) is 2. The molecule has 0 saturated heterocycles. The first kappa shape index (κ1) is 8.47. The van der Waals surface area contributed by atoms with E-state index in [9.17, 15) is 4.79 Å². The van der Waals surface area contributed by atoms with Crippen LogP contribution in [0.15, 0.2) is 0 Å². The van der Waals surface area contributed by atoms with Crippen molar-refractivity contribution in [3.63, 3.8) is 0 Å². The van der Waals surface area contributed by atoms with Crippen molar-refractivity contribution in [1.29, 1.82) is 0 Å². The predicted octanol–water partition coefficient (Wildman–Crippen LogP) is 1.41. The van der Waals surface area contributed by atoms with Crippen molar-refractivity contribution in [2.24, 2.45) is 5.92 Å². The SMILES string of the molecule is C[CH]COC(=O)C(C)C. The fraction of sp³-hybridized carbons (Fsp3) is 0.714. The van der Waals surface area contributed by atoms with Crippen LogP contribution in [0.4, 0.5) is 0 Å². The van der Waals surface area contributed by atoms with Crippen LogP contribution in [-0.4, -0.2) is 12.6 Å². The second-order valence-electron chi connectivity index (χ2n) is 2.19. The zero-order valence-corrected chi connectivity index (χ0v) is 6.18. The zero-order valence-electron chi connectivity index (χ0n) is 6.18. The molecule has 2 heteroatoms. The molecule has 0 heterocycles. The maximum Gasteiger partial charge on any atom is 0.308 e. The number of hydrogen-bond donors (Lipinski definition) is 0. The van der Waals surface area contributed by atoms with Crippen LogP contribution < -0.4 is 0 Å². The first-order chi connectivity index (χ1) is 4.18. The highest BCUT2D eigenvalue weighted by atomic mass is 16.5. The summed E-state index contributed by atoms with van der Waals surface area (Å²) in [5.74, 6) is -0.141. The number of esters is 1. The standard InChI is InChI=1S/C7H13O2/c1-4-5-9-7(8)6(2)3/h4,6H,5H2,1-3H3. The van der Waals surface area contributed by atoms with Gasteiger partial charge in [0.1, 0.15) is 0 Å². The Labute approximate surface area is 56.2 Å². The molecule has 0 saturated carbocycles. The first-order valence-electron chi connectivity index (χ1n) is 3.13. The van der Waals surface area contributed by atoms with Crippen molar-refractivity contribution in [3.8, 4) is 0 Å². The Morgan fingerprint density at radius 1 is 1.67 bits per heavy atom. The Morgan fingerprint density at radius 2 is 2.22 bits per heavy atom. The van der Waals surface area contributed by atoms with Gasteiger partial charge in [-0.3, -0.25) is 4.79 Å². The van der Waals surface area contributed by atoms with Gasteiger partial charge in [0, 0.05) is 0 Å². The second kappa shape index (κ2) is 4.36. The summed E-state index contributed by atoms with van der Waals surface area (Å²) in [5, 5.41) is 0. The number of rotatable bonds is 3. The highest BCUT2D eigenvalue weighted by Crippen LogP contribution is 1.95. The van der Waals surface area contributed by atoms with Gasteiger partial charge in [0.15, 0.2) is 0 Å². The number of carbonyl (C=O) groups excluding carboxylic acids is 1. The molecular formula is C7H13O2. The van der Waals surface area contributed by atoms with Crippen LogP contribution in [0.5, 0.6) is 0 Å². The summed E-state index contributed by atoms with van der Waals surface area (Å²) in [7, 11) is 0. The number of carbonyl (C=O) groups is 1. The van der Waals surface area contributed by atoms with E-state index in [1.165, 1.54) is 0 Å². The van der Waals surface area contributed by atoms with Crippen LogP contribution in [0, 0.1) is 12.3 Å². The van der Waals surface area contributed by atoms with E-state index >= 15 is 0 Å². The molecule has 0 rings (SSSR count). The molecule has 0 aromatic rings. The Hall–Kier alpha value is -0.530. The van der Waals surface area contributed by atoms with E-state index in [0.717, 1.165) is 0 Å². The molecule has 0 atom stereocenters. The van der Waals surface area contributed by atoms with Gasteiger partial charge in [-0.15, -0.1) is 0 Å². The molecule has 0 fully saturated rings. The summed E-state index contributed by atoms with van der Waals surface area (Å²) in [6.45, 7) is 5.92. The molecule has 0 amide bonds. The summed E-state index contributed by atoms with van der Waals surface area (Å²) in [4.78, 5) is 10.7. The third-order valence-corrected chi connectivity index (χ3v) is 0.864. The van der Waals surface area contributed by atoms with E-state index in [1.807, 2.05) is 20.8 Å². The van der Waals surface area contributed by atoms with Gasteiger partial charge in [-0.1, -0.05) is 20.8 Å². The monoisotopic (exact) mass is 129 g/mol. The van der Waals surface area contributed by atoms with Gasteiger partial charge in [0.2, 0.25) is 0 Å². The van der Waals surface area contributed by atoms with Gasteiger partial charge < -0.3 is 4.74 Å². The minimum Gasteiger partial charge on any atom is -0.465 e. The zero-order chi connectivity index (χ0) is 7.28. The minimum atomic E-state index is -0.131. The van der Waals surface area contributed by atoms with E-state index in [-0.39, 0.29) is 11.9 Å². The van der Waals surface area contributed by atoms with Crippen molar-refractivity contribution in [2.45, 2.75) is 20.8 Å². The Bertz CT molecular complexity index is 86.9. The third-order valence-electron chi connectivity index (χ3n) is 0.864. The minimum absolute atomic E-state index is 0.00931. The maximum atomic E-state index is 10.7. The molecule has 53 valence electrons. The quantitative estimate of drug-likeness (QED) is 0.538. The molecule has 1 radical (unpaired) electrons. The molecule has 0 aliphatic heterocycles. The van der Waals surface area contributed by atoms with E-state index in [0.29, 0.717) is 6.61 Å². The topological polar surface area (TPSA) is 26.3 Å². The van der Waals surface area contributed by atoms with Crippen molar-refractivity contribution >= 4 is 5.97 Å². The van der Waals surface area contributed by atoms with Crippen LogP contribution in [0.25, 0.3) is 0 Å². The van der Waals surface area contributed by atoms with E-state index in [4.69, 9.17) is 4.74 Å². The van der Waals surface area contributed by atoms with Gasteiger partial charge in [-0.25, -0.2) is 0 Å². The highest BCUT2D eigenvalue weighted by Gasteiger charge is 2.05. The van der Waals surface area contributed by atoms with E-state index < -0.39 is 0 Å². The molecule has 9 heavy (non-hydrogen) atoms. The molecule has 0 aliphatic rings. The smallest absolute Gasteiger partial charge is 0.308 e. The predicted molar refractivity (Wildman–Crippen MR) is 35.8 cm³/mol. The van der Waals surface area contributed by atoms with Crippen molar-refractivity contribution < 1.29 is 9.53 Å². The van der Waals surface area contributed by atoms with Crippen molar-refractivity contribution in [2.75, 3.05) is 6.61 Å². The summed E-state index contributed by atoms with van der Waals surface area (Å²) in [5.41, 5.74) is 0. The average Bonchev–Trinajstić information content (AvgIpc) is 1.82. The van der Waals surface area contributed by atoms with Crippen LogP contribution >= 0.6 is 0 Å². The van der Waals surface area contributed by atoms with Crippen LogP contribution in [0.1, 0.15) is 20.8 Å². The molecule has 0 aliphatic carbocycles. The van der Waals surface area contributed by atoms with Gasteiger partial charge in [-0.05, 0) is 6.42 Å². The van der Waals surface area contributed by atoms with Crippen molar-refractivity contribution in [1.82, 2.24) is 0 Å². The average molecular weight is 129 g/mol. The highest BCUT2D eigenvalue weighted by molar-refractivity contribution is 5.71. The lowest BCUT2D eigenvalue weighted by Crippen LogP contribution is -2.11. The summed E-state index contributed by atoms with van der Waals surface area (Å²) < 4.78 is 4.76. The summed E-state index contributed by atoms with van der Waals surface area (Å²) in [6.07, 6.45) is 1.81. The first-order valence-corrected chi connectivity index (χ1v) is 3.13. The van der Waals surface area contributed by atoms with Gasteiger partial charge >= 0.3 is 5.97 Å². The maximum absolute atomic E-state index is 10.7. The molecule has 0 aromatic heterocycles. The Morgan fingerprint density at radius 3 is 2.56 bits per heavy atom. The lowest BCUT2D eigenvalue weighted by Gasteiger charge is -2.03.